The molecule has 5 N–H and O–H groups in total. The van der Waals surface area contributed by atoms with E-state index in [1.54, 1.807) is 0 Å². The molecule has 0 unspecified atom stereocenters. The van der Waals surface area contributed by atoms with Crippen LogP contribution in [0.4, 0.5) is 4.79 Å². The van der Waals surface area contributed by atoms with Crippen molar-refractivity contribution in [2.45, 2.75) is 13.3 Å². The molecule has 0 aliphatic heterocycles. The van der Waals surface area contributed by atoms with Gasteiger partial charge in [0, 0.05) is 21.8 Å². The van der Waals surface area contributed by atoms with Gasteiger partial charge in [-0.2, -0.15) is 0 Å². The Morgan fingerprint density at radius 1 is 1.05 bits per heavy atom. The lowest BCUT2D eigenvalue weighted by atomic mass is 10.1. The minimum absolute atomic E-state index is 0.833. The fraction of sp³-hybridized carbons (Fsp3) is 0.133. The van der Waals surface area contributed by atoms with E-state index in [1.165, 1.54) is 27.4 Å². The molecule has 3 rings (SSSR count). The summed E-state index contributed by atoms with van der Waals surface area (Å²) in [6.07, 6.45) is 1.07. The second kappa shape index (κ2) is 5.44. The van der Waals surface area contributed by atoms with Crippen molar-refractivity contribution in [1.29, 1.82) is 0 Å². The van der Waals surface area contributed by atoms with Crippen LogP contribution in [-0.4, -0.2) is 11.0 Å². The summed E-state index contributed by atoms with van der Waals surface area (Å²) in [6, 6.07) is 14.2. The first-order valence-corrected chi connectivity index (χ1v) is 6.16. The Labute approximate surface area is 111 Å². The number of urea groups is 1. The molecule has 19 heavy (non-hydrogen) atoms. The number of nitrogens with one attached hydrogen (secondary N) is 1. The SMILES string of the molecule is CCc1cccc2c1[nH]c1ccccc12.NC(N)=O. The molecule has 0 saturated carbocycles. The van der Waals surface area contributed by atoms with Gasteiger partial charge < -0.3 is 16.5 Å². The topological polar surface area (TPSA) is 84.9 Å². The van der Waals surface area contributed by atoms with E-state index in [0.29, 0.717) is 0 Å². The van der Waals surface area contributed by atoms with Gasteiger partial charge in [0.1, 0.15) is 0 Å². The molecule has 3 aromatic rings. The third-order valence-corrected chi connectivity index (χ3v) is 3.01. The highest BCUT2D eigenvalue weighted by atomic mass is 16.2. The third-order valence-electron chi connectivity index (χ3n) is 3.01. The molecule has 2 amide bonds. The standard InChI is InChI=1S/C14H13N.CH4N2O/c1-2-10-6-5-8-12-11-7-3-4-9-13(11)15-14(10)12;2-1(3)4/h3-9,15H,2H2,1H3;(H4,2,3,4). The highest BCUT2D eigenvalue weighted by molar-refractivity contribution is 6.08. The second-order valence-corrected chi connectivity index (χ2v) is 4.27. The molecule has 1 aromatic heterocycles. The molecule has 0 aliphatic carbocycles. The van der Waals surface area contributed by atoms with E-state index in [1.807, 2.05) is 0 Å². The van der Waals surface area contributed by atoms with Crippen molar-refractivity contribution in [3.63, 3.8) is 0 Å². The number of rotatable bonds is 1. The van der Waals surface area contributed by atoms with Gasteiger partial charge in [-0.1, -0.05) is 43.3 Å². The lowest BCUT2D eigenvalue weighted by Gasteiger charge is -1.97. The zero-order chi connectivity index (χ0) is 13.8. The van der Waals surface area contributed by atoms with Gasteiger partial charge in [-0.3, -0.25) is 0 Å². The van der Waals surface area contributed by atoms with E-state index in [-0.39, 0.29) is 0 Å². The summed E-state index contributed by atoms with van der Waals surface area (Å²) in [7, 11) is 0. The number of carbonyl (C=O) groups excluding carboxylic acids is 1. The van der Waals surface area contributed by atoms with Gasteiger partial charge in [-0.15, -0.1) is 0 Å². The third kappa shape index (κ3) is 2.68. The molecule has 0 fully saturated rings. The molecule has 0 saturated heterocycles. The Kier molecular flexibility index (Phi) is 3.71. The van der Waals surface area contributed by atoms with E-state index in [9.17, 15) is 0 Å². The molecule has 0 aliphatic rings. The number of hydrogen-bond donors (Lipinski definition) is 3. The second-order valence-electron chi connectivity index (χ2n) is 4.27. The average Bonchev–Trinajstić information content (AvgIpc) is 2.76. The van der Waals surface area contributed by atoms with Crippen LogP contribution in [0.3, 0.4) is 0 Å². The Morgan fingerprint density at radius 2 is 1.68 bits per heavy atom. The van der Waals surface area contributed by atoms with Gasteiger partial charge in [0.2, 0.25) is 0 Å². The number of fused-ring (bicyclic) bond motifs is 3. The molecule has 2 aromatic carbocycles. The number of benzene rings is 2. The zero-order valence-electron chi connectivity index (χ0n) is 10.8. The normalized spacial score (nSPS) is 10.2. The minimum Gasteiger partial charge on any atom is -0.354 e. The molecule has 0 atom stereocenters. The van der Waals surface area contributed by atoms with Gasteiger partial charge >= 0.3 is 6.03 Å². The molecule has 4 heteroatoms. The van der Waals surface area contributed by atoms with Crippen LogP contribution in [0, 0.1) is 0 Å². The van der Waals surface area contributed by atoms with E-state index in [4.69, 9.17) is 4.79 Å². The number of para-hydroxylation sites is 2. The number of aromatic nitrogens is 1. The van der Waals surface area contributed by atoms with Crippen LogP contribution in [0.15, 0.2) is 42.5 Å². The first-order valence-electron chi connectivity index (χ1n) is 6.16. The molecular formula is C15H17N3O. The summed E-state index contributed by atoms with van der Waals surface area (Å²) in [5.74, 6) is 0. The van der Waals surface area contributed by atoms with E-state index in [0.717, 1.165) is 6.42 Å². The lowest BCUT2D eigenvalue weighted by Crippen LogP contribution is -2.18. The van der Waals surface area contributed by atoms with E-state index >= 15 is 0 Å². The van der Waals surface area contributed by atoms with Crippen LogP contribution >= 0.6 is 0 Å². The zero-order valence-corrected chi connectivity index (χ0v) is 10.8. The van der Waals surface area contributed by atoms with Gasteiger partial charge in [0.25, 0.3) is 0 Å². The first-order chi connectivity index (χ1) is 9.13. The minimum atomic E-state index is -0.833. The van der Waals surface area contributed by atoms with E-state index in [2.05, 4.69) is 65.8 Å². The fourth-order valence-corrected chi connectivity index (χ4v) is 2.23. The van der Waals surface area contributed by atoms with Crippen molar-refractivity contribution in [2.24, 2.45) is 11.5 Å². The fourth-order valence-electron chi connectivity index (χ4n) is 2.23. The summed E-state index contributed by atoms with van der Waals surface area (Å²) in [4.78, 5) is 12.5. The quantitative estimate of drug-likeness (QED) is 0.613. The Bertz CT molecular complexity index is 712. The molecular weight excluding hydrogens is 238 g/mol. The van der Waals surface area contributed by atoms with Crippen LogP contribution in [0.5, 0.6) is 0 Å². The highest BCUT2D eigenvalue weighted by Crippen LogP contribution is 2.27. The Balaban J connectivity index is 0.000000297. The number of nitrogens with two attached hydrogens (primary N) is 2. The smallest absolute Gasteiger partial charge is 0.309 e. The predicted molar refractivity (Wildman–Crippen MR) is 79.0 cm³/mol. The highest BCUT2D eigenvalue weighted by Gasteiger charge is 2.05. The van der Waals surface area contributed by atoms with Gasteiger partial charge in [0.15, 0.2) is 0 Å². The van der Waals surface area contributed by atoms with Crippen LogP contribution in [0.25, 0.3) is 21.8 Å². The summed E-state index contributed by atoms with van der Waals surface area (Å²) < 4.78 is 0. The van der Waals surface area contributed by atoms with Gasteiger partial charge in [-0.05, 0) is 18.1 Å². The van der Waals surface area contributed by atoms with Gasteiger partial charge in [0.05, 0.1) is 0 Å². The van der Waals surface area contributed by atoms with Crippen molar-refractivity contribution < 1.29 is 4.79 Å². The summed E-state index contributed by atoms with van der Waals surface area (Å²) >= 11 is 0. The molecule has 0 spiro atoms. The van der Waals surface area contributed by atoms with Crippen molar-refractivity contribution in [3.8, 4) is 0 Å². The summed E-state index contributed by atoms with van der Waals surface area (Å²) in [6.45, 7) is 2.19. The molecule has 0 radical (unpaired) electrons. The van der Waals surface area contributed by atoms with Gasteiger partial charge in [-0.25, -0.2) is 4.79 Å². The molecule has 4 nitrogen and oxygen atoms in total. The number of hydrogen-bond acceptors (Lipinski definition) is 1. The van der Waals surface area contributed by atoms with E-state index < -0.39 is 6.03 Å². The van der Waals surface area contributed by atoms with Crippen molar-refractivity contribution in [3.05, 3.63) is 48.0 Å². The number of carbonyl (C=O) groups is 1. The Hall–Kier alpha value is -2.49. The van der Waals surface area contributed by atoms with Crippen LogP contribution in [0.2, 0.25) is 0 Å². The maximum Gasteiger partial charge on any atom is 0.309 e. The number of H-pyrrole nitrogens is 1. The van der Waals surface area contributed by atoms with Crippen LogP contribution in [-0.2, 0) is 6.42 Å². The Morgan fingerprint density at radius 3 is 2.37 bits per heavy atom. The maximum absolute atomic E-state index is 9.00. The van der Waals surface area contributed by atoms with Crippen LogP contribution < -0.4 is 11.5 Å². The molecule has 1 heterocycles. The monoisotopic (exact) mass is 255 g/mol. The van der Waals surface area contributed by atoms with Crippen molar-refractivity contribution >= 4 is 27.8 Å². The average molecular weight is 255 g/mol. The first kappa shape index (κ1) is 13.0. The number of aryl methyl sites for hydroxylation is 1. The maximum atomic E-state index is 9.00. The number of aromatic amines is 1. The van der Waals surface area contributed by atoms with Crippen molar-refractivity contribution in [2.75, 3.05) is 0 Å². The largest absolute Gasteiger partial charge is 0.354 e. The summed E-state index contributed by atoms with van der Waals surface area (Å²) in [5, 5.41) is 2.66. The van der Waals surface area contributed by atoms with Crippen molar-refractivity contribution in [1.82, 2.24) is 4.98 Å². The van der Waals surface area contributed by atoms with Crippen LogP contribution in [0.1, 0.15) is 12.5 Å². The summed E-state index contributed by atoms with van der Waals surface area (Å²) in [5.41, 5.74) is 12.4. The number of amides is 2. The number of primary amides is 2. The predicted octanol–water partition coefficient (Wildman–Crippen LogP) is 2.91. The molecule has 98 valence electrons. The lowest BCUT2D eigenvalue weighted by molar-refractivity contribution is 0.256. The molecule has 0 bridgehead atoms.